The summed E-state index contributed by atoms with van der Waals surface area (Å²) in [5.41, 5.74) is -0.884. The molecule has 1 heterocycles. The molecule has 3 nitrogen and oxygen atoms in total. The first-order valence-electron chi connectivity index (χ1n) is 4.48. The monoisotopic (exact) mass is 233 g/mol. The van der Waals surface area contributed by atoms with Gasteiger partial charge in [-0.3, -0.25) is 4.99 Å². The number of halogens is 4. The van der Waals surface area contributed by atoms with E-state index >= 15 is 0 Å². The van der Waals surface area contributed by atoms with E-state index in [2.05, 4.69) is 15.6 Å². The first kappa shape index (κ1) is 10.7. The van der Waals surface area contributed by atoms with Crippen molar-refractivity contribution in [2.24, 2.45) is 4.99 Å². The van der Waals surface area contributed by atoms with Gasteiger partial charge >= 0.3 is 0 Å². The molecular formula is C9H7F4N3. The second-order valence-corrected chi connectivity index (χ2v) is 3.13. The van der Waals surface area contributed by atoms with E-state index in [0.29, 0.717) is 13.1 Å². The number of nitrogens with one attached hydrogen (secondary N) is 2. The van der Waals surface area contributed by atoms with Crippen LogP contribution in [0.4, 0.5) is 23.2 Å². The number of aliphatic imine (C=N–C) groups is 1. The Balaban J connectivity index is 2.38. The van der Waals surface area contributed by atoms with E-state index in [0.717, 1.165) is 0 Å². The van der Waals surface area contributed by atoms with Crippen molar-refractivity contribution in [3.63, 3.8) is 0 Å². The molecule has 0 bridgehead atoms. The van der Waals surface area contributed by atoms with Crippen LogP contribution in [-0.4, -0.2) is 19.0 Å². The van der Waals surface area contributed by atoms with Gasteiger partial charge in [0, 0.05) is 12.6 Å². The Morgan fingerprint density at radius 2 is 1.75 bits per heavy atom. The normalized spacial score (nSPS) is 14.6. The molecular weight excluding hydrogens is 226 g/mol. The zero-order valence-corrected chi connectivity index (χ0v) is 7.95. The predicted octanol–water partition coefficient (Wildman–Crippen LogP) is 1.61. The Hall–Kier alpha value is -1.79. The summed E-state index contributed by atoms with van der Waals surface area (Å²) in [7, 11) is 0. The Bertz CT molecular complexity index is 432. The van der Waals surface area contributed by atoms with Crippen LogP contribution in [-0.2, 0) is 0 Å². The number of hydrogen-bond donors (Lipinski definition) is 2. The third-order valence-corrected chi connectivity index (χ3v) is 2.03. The fourth-order valence-corrected chi connectivity index (χ4v) is 1.28. The molecule has 0 saturated carbocycles. The highest BCUT2D eigenvalue weighted by Gasteiger charge is 2.20. The first-order chi connectivity index (χ1) is 7.59. The molecule has 2 N–H and O–H groups in total. The molecule has 1 aromatic carbocycles. The lowest BCUT2D eigenvalue weighted by Gasteiger charge is -2.09. The van der Waals surface area contributed by atoms with Gasteiger partial charge in [0.2, 0.25) is 0 Å². The van der Waals surface area contributed by atoms with Gasteiger partial charge in [-0.05, 0) is 0 Å². The van der Waals surface area contributed by atoms with Gasteiger partial charge in [0.25, 0.3) is 0 Å². The van der Waals surface area contributed by atoms with Crippen molar-refractivity contribution in [3.05, 3.63) is 29.3 Å². The van der Waals surface area contributed by atoms with Gasteiger partial charge in [-0.15, -0.1) is 0 Å². The van der Waals surface area contributed by atoms with Gasteiger partial charge in [-0.1, -0.05) is 0 Å². The van der Waals surface area contributed by atoms with Crippen LogP contribution in [0.25, 0.3) is 0 Å². The lowest BCUT2D eigenvalue weighted by molar-refractivity contribution is 0.459. The highest BCUT2D eigenvalue weighted by molar-refractivity contribution is 5.94. The van der Waals surface area contributed by atoms with E-state index < -0.39 is 29.0 Å². The van der Waals surface area contributed by atoms with Crippen LogP contribution in [0.15, 0.2) is 11.1 Å². The fourth-order valence-electron chi connectivity index (χ4n) is 1.28. The summed E-state index contributed by atoms with van der Waals surface area (Å²) in [6, 6.07) is 0.153. The molecule has 7 heteroatoms. The standard InChI is InChI=1S/C9H7F4N3/c10-4-3-5(11)7(13)8(6(4)12)16-9-14-1-2-15-9/h3H,1-2H2,(H2,14,15,16). The SMILES string of the molecule is Fc1cc(F)c(F)c(NC2=NCCN2)c1F. The van der Waals surface area contributed by atoms with Crippen LogP contribution in [0.2, 0.25) is 0 Å². The van der Waals surface area contributed by atoms with Crippen LogP contribution in [0.3, 0.4) is 0 Å². The second-order valence-electron chi connectivity index (χ2n) is 3.13. The molecule has 0 amide bonds. The quantitative estimate of drug-likeness (QED) is 0.571. The van der Waals surface area contributed by atoms with E-state index in [1.54, 1.807) is 0 Å². The summed E-state index contributed by atoms with van der Waals surface area (Å²) in [4.78, 5) is 3.79. The zero-order chi connectivity index (χ0) is 11.7. The molecule has 1 aliphatic rings. The van der Waals surface area contributed by atoms with E-state index in [-0.39, 0.29) is 12.0 Å². The molecule has 86 valence electrons. The summed E-state index contributed by atoms with van der Waals surface area (Å²) in [5, 5.41) is 4.83. The maximum Gasteiger partial charge on any atom is 0.196 e. The van der Waals surface area contributed by atoms with Crippen LogP contribution in [0.1, 0.15) is 0 Å². The average Bonchev–Trinajstić information content (AvgIpc) is 2.74. The molecule has 2 rings (SSSR count). The molecule has 0 aliphatic carbocycles. The van der Waals surface area contributed by atoms with E-state index in [1.165, 1.54) is 0 Å². The molecule has 0 radical (unpaired) electrons. The number of anilines is 1. The molecule has 0 fully saturated rings. The molecule has 1 aromatic rings. The van der Waals surface area contributed by atoms with E-state index in [1.807, 2.05) is 0 Å². The summed E-state index contributed by atoms with van der Waals surface area (Å²) >= 11 is 0. The smallest absolute Gasteiger partial charge is 0.196 e. The number of hydrogen-bond acceptors (Lipinski definition) is 3. The van der Waals surface area contributed by atoms with Crippen molar-refractivity contribution < 1.29 is 17.6 Å². The highest BCUT2D eigenvalue weighted by Crippen LogP contribution is 2.24. The summed E-state index contributed by atoms with van der Waals surface area (Å²) < 4.78 is 52.0. The Morgan fingerprint density at radius 1 is 1.12 bits per heavy atom. The minimum atomic E-state index is -1.48. The van der Waals surface area contributed by atoms with Crippen LogP contribution in [0.5, 0.6) is 0 Å². The molecule has 0 spiro atoms. The van der Waals surface area contributed by atoms with Crippen molar-refractivity contribution >= 4 is 11.6 Å². The minimum absolute atomic E-state index is 0.0859. The minimum Gasteiger partial charge on any atom is -0.354 e. The third-order valence-electron chi connectivity index (χ3n) is 2.03. The first-order valence-corrected chi connectivity index (χ1v) is 4.48. The van der Waals surface area contributed by atoms with Crippen molar-refractivity contribution in [3.8, 4) is 0 Å². The lowest BCUT2D eigenvalue weighted by Crippen LogP contribution is -2.27. The third kappa shape index (κ3) is 1.80. The van der Waals surface area contributed by atoms with Crippen molar-refractivity contribution in [1.82, 2.24) is 5.32 Å². The summed E-state index contributed by atoms with van der Waals surface area (Å²) in [6.07, 6.45) is 0. The van der Waals surface area contributed by atoms with Crippen molar-refractivity contribution in [2.45, 2.75) is 0 Å². The highest BCUT2D eigenvalue weighted by atomic mass is 19.2. The van der Waals surface area contributed by atoms with E-state index in [4.69, 9.17) is 0 Å². The molecule has 0 aromatic heterocycles. The molecule has 0 saturated heterocycles. The zero-order valence-electron chi connectivity index (χ0n) is 7.95. The topological polar surface area (TPSA) is 36.4 Å². The number of benzene rings is 1. The maximum atomic E-state index is 13.2. The average molecular weight is 233 g/mol. The van der Waals surface area contributed by atoms with Gasteiger partial charge in [0.15, 0.2) is 29.2 Å². The van der Waals surface area contributed by atoms with E-state index in [9.17, 15) is 17.6 Å². The number of guanidine groups is 1. The Labute approximate surface area is 88.2 Å². The van der Waals surface area contributed by atoms with Gasteiger partial charge < -0.3 is 10.6 Å². The van der Waals surface area contributed by atoms with Gasteiger partial charge in [-0.25, -0.2) is 17.6 Å². The largest absolute Gasteiger partial charge is 0.354 e. The molecule has 1 aliphatic heterocycles. The van der Waals surface area contributed by atoms with Crippen LogP contribution in [0, 0.1) is 23.3 Å². The van der Waals surface area contributed by atoms with Gasteiger partial charge in [-0.2, -0.15) is 0 Å². The molecule has 16 heavy (non-hydrogen) atoms. The van der Waals surface area contributed by atoms with Crippen molar-refractivity contribution in [2.75, 3.05) is 18.4 Å². The second kappa shape index (κ2) is 3.99. The van der Waals surface area contributed by atoms with Crippen molar-refractivity contribution in [1.29, 1.82) is 0 Å². The molecule has 0 unspecified atom stereocenters. The Morgan fingerprint density at radius 3 is 2.25 bits per heavy atom. The summed E-state index contributed by atoms with van der Waals surface area (Å²) in [5.74, 6) is -5.78. The van der Waals surface area contributed by atoms with Gasteiger partial charge in [0.05, 0.1) is 6.54 Å². The predicted molar refractivity (Wildman–Crippen MR) is 50.2 cm³/mol. The Kier molecular flexibility index (Phi) is 2.67. The molecule has 0 atom stereocenters. The number of rotatable bonds is 1. The van der Waals surface area contributed by atoms with Gasteiger partial charge in [0.1, 0.15) is 5.69 Å². The lowest BCUT2D eigenvalue weighted by atomic mass is 10.2. The van der Waals surface area contributed by atoms with Crippen LogP contribution < -0.4 is 10.6 Å². The fraction of sp³-hybridized carbons (Fsp3) is 0.222. The maximum absolute atomic E-state index is 13.2. The summed E-state index contributed by atoms with van der Waals surface area (Å²) in [6.45, 7) is 0.937. The van der Waals surface area contributed by atoms with Crippen LogP contribution >= 0.6 is 0 Å². The number of nitrogens with zero attached hydrogens (tertiary/aromatic N) is 1.